The van der Waals surface area contributed by atoms with Gasteiger partial charge in [-0.25, -0.2) is 4.39 Å². The average molecular weight is 601 g/mol. The van der Waals surface area contributed by atoms with Crippen molar-refractivity contribution in [1.29, 1.82) is 0 Å². The van der Waals surface area contributed by atoms with Crippen LogP contribution < -0.4 is 16.0 Å². The summed E-state index contributed by atoms with van der Waals surface area (Å²) in [7, 11) is 0. The number of fused-ring (bicyclic) bond motifs is 3. The van der Waals surface area contributed by atoms with Crippen LogP contribution in [0.1, 0.15) is 59.5 Å². The Morgan fingerprint density at radius 1 is 0.975 bits per heavy atom. The summed E-state index contributed by atoms with van der Waals surface area (Å²) in [6.45, 7) is 0. The maximum absolute atomic E-state index is 15.9. The molecule has 2 fully saturated rings. The van der Waals surface area contributed by atoms with Gasteiger partial charge in [-0.15, -0.1) is 0 Å². The first-order valence-corrected chi connectivity index (χ1v) is 14.3. The number of anilines is 2. The fourth-order valence-electron chi connectivity index (χ4n) is 7.12. The van der Waals surface area contributed by atoms with E-state index in [0.717, 1.165) is 19.3 Å². The normalized spacial score (nSPS) is 24.6. The van der Waals surface area contributed by atoms with E-state index in [-0.39, 0.29) is 22.1 Å². The Bertz CT molecular complexity index is 1540. The van der Waals surface area contributed by atoms with Gasteiger partial charge >= 0.3 is 0 Å². The van der Waals surface area contributed by atoms with Crippen LogP contribution in [-0.2, 0) is 15.0 Å². The van der Waals surface area contributed by atoms with E-state index in [1.807, 2.05) is 6.07 Å². The van der Waals surface area contributed by atoms with Crippen molar-refractivity contribution in [3.63, 3.8) is 0 Å². The van der Waals surface area contributed by atoms with Crippen LogP contribution in [0.5, 0.6) is 0 Å². The Labute approximate surface area is 245 Å². The molecule has 0 bridgehead atoms. The van der Waals surface area contributed by atoms with E-state index in [2.05, 4.69) is 16.0 Å². The van der Waals surface area contributed by atoms with Gasteiger partial charge in [-0.2, -0.15) is 0 Å². The summed E-state index contributed by atoms with van der Waals surface area (Å²) in [5.74, 6) is -2.34. The number of nitrogens with one attached hydrogen (secondary N) is 3. The lowest BCUT2D eigenvalue weighted by atomic mass is 9.55. The van der Waals surface area contributed by atoms with Crippen molar-refractivity contribution in [3.05, 3.63) is 93.2 Å². The highest BCUT2D eigenvalue weighted by Gasteiger charge is 2.72. The number of hydrogen-bond donors (Lipinski definition) is 3. The van der Waals surface area contributed by atoms with Gasteiger partial charge in [0.1, 0.15) is 11.2 Å². The van der Waals surface area contributed by atoms with E-state index in [1.165, 1.54) is 18.2 Å². The van der Waals surface area contributed by atoms with Crippen LogP contribution in [0.4, 0.5) is 15.8 Å². The highest BCUT2D eigenvalue weighted by Crippen LogP contribution is 2.62. The minimum Gasteiger partial charge on any atom is -0.325 e. The van der Waals surface area contributed by atoms with Gasteiger partial charge in [0, 0.05) is 33.4 Å². The molecule has 3 N–H and O–H groups in total. The summed E-state index contributed by atoms with van der Waals surface area (Å²) in [5.41, 5.74) is 0.000215. The largest absolute Gasteiger partial charge is 0.325 e. The Morgan fingerprint density at radius 2 is 1.70 bits per heavy atom. The molecule has 10 heteroatoms. The summed E-state index contributed by atoms with van der Waals surface area (Å²) in [5, 5.41) is 9.24. The fraction of sp³-hybridized carbons (Fsp3) is 0.300. The lowest BCUT2D eigenvalue weighted by Gasteiger charge is -2.47. The molecule has 2 spiro atoms. The lowest BCUT2D eigenvalue weighted by molar-refractivity contribution is -0.124. The molecule has 3 aliphatic rings. The molecular formula is C30H25Cl3FN3O3. The summed E-state index contributed by atoms with van der Waals surface area (Å²) < 4.78 is 15.9. The van der Waals surface area contributed by atoms with Crippen LogP contribution in [-0.4, -0.2) is 28.6 Å². The molecule has 40 heavy (non-hydrogen) atoms. The second-order valence-electron chi connectivity index (χ2n) is 10.7. The van der Waals surface area contributed by atoms with Gasteiger partial charge in [-0.05, 0) is 78.0 Å². The first kappa shape index (κ1) is 27.2. The van der Waals surface area contributed by atoms with Crippen molar-refractivity contribution in [2.45, 2.75) is 55.0 Å². The number of halogens is 4. The van der Waals surface area contributed by atoms with E-state index in [1.54, 1.807) is 36.4 Å². The number of hydrogen-bond acceptors (Lipinski definition) is 4. The van der Waals surface area contributed by atoms with Crippen LogP contribution in [0.25, 0.3) is 0 Å². The van der Waals surface area contributed by atoms with Gasteiger partial charge in [-0.3, -0.25) is 19.7 Å². The molecule has 2 heterocycles. The van der Waals surface area contributed by atoms with E-state index in [9.17, 15) is 14.4 Å². The zero-order chi connectivity index (χ0) is 28.2. The molecule has 3 aromatic rings. The van der Waals surface area contributed by atoms with Crippen molar-refractivity contribution >= 4 is 63.2 Å². The monoisotopic (exact) mass is 599 g/mol. The second kappa shape index (κ2) is 10.1. The van der Waals surface area contributed by atoms with Crippen molar-refractivity contribution in [2.24, 2.45) is 0 Å². The highest BCUT2D eigenvalue weighted by molar-refractivity contribution is 6.67. The molecule has 6 nitrogen and oxygen atoms in total. The number of amides is 2. The number of carbonyl (C=O) groups excluding carboxylic acids is 3. The topological polar surface area (TPSA) is 87.3 Å². The Kier molecular flexibility index (Phi) is 6.90. The van der Waals surface area contributed by atoms with Crippen LogP contribution in [0.2, 0.25) is 10.0 Å². The molecule has 2 aliphatic heterocycles. The summed E-state index contributed by atoms with van der Waals surface area (Å²) in [4.78, 5) is 39.9. The van der Waals surface area contributed by atoms with Crippen LogP contribution >= 0.6 is 34.8 Å². The third-order valence-corrected chi connectivity index (χ3v) is 9.43. The molecule has 0 radical (unpaired) electrons. The third kappa shape index (κ3) is 4.05. The summed E-state index contributed by atoms with van der Waals surface area (Å²) >= 11 is 18.1. The zero-order valence-corrected chi connectivity index (χ0v) is 23.5. The quantitative estimate of drug-likeness (QED) is 0.288. The maximum atomic E-state index is 15.9. The van der Waals surface area contributed by atoms with Gasteiger partial charge in [0.25, 0.3) is 5.24 Å². The Morgan fingerprint density at radius 3 is 2.40 bits per heavy atom. The van der Waals surface area contributed by atoms with Gasteiger partial charge in [0.15, 0.2) is 0 Å². The molecule has 1 aliphatic carbocycles. The van der Waals surface area contributed by atoms with Crippen molar-refractivity contribution < 1.29 is 18.8 Å². The number of carbonyl (C=O) groups is 3. The first-order valence-electron chi connectivity index (χ1n) is 13.1. The van der Waals surface area contributed by atoms with Crippen LogP contribution in [0.3, 0.4) is 0 Å². The summed E-state index contributed by atoms with van der Waals surface area (Å²) in [6.07, 6.45) is 3.93. The smallest absolute Gasteiger partial charge is 0.252 e. The van der Waals surface area contributed by atoms with Gasteiger partial charge < -0.3 is 10.6 Å². The van der Waals surface area contributed by atoms with Crippen LogP contribution in [0, 0.1) is 5.82 Å². The summed E-state index contributed by atoms with van der Waals surface area (Å²) in [6, 6.07) is 15.1. The van der Waals surface area contributed by atoms with Gasteiger partial charge in [-0.1, -0.05) is 60.7 Å². The van der Waals surface area contributed by atoms with E-state index >= 15 is 4.39 Å². The minimum atomic E-state index is -1.31. The maximum Gasteiger partial charge on any atom is 0.252 e. The van der Waals surface area contributed by atoms with Crippen molar-refractivity contribution in [3.8, 4) is 0 Å². The van der Waals surface area contributed by atoms with E-state index in [4.69, 9.17) is 34.8 Å². The van der Waals surface area contributed by atoms with Gasteiger partial charge in [0.2, 0.25) is 11.8 Å². The highest BCUT2D eigenvalue weighted by atomic mass is 35.5. The van der Waals surface area contributed by atoms with E-state index < -0.39 is 39.9 Å². The molecule has 206 valence electrons. The fourth-order valence-corrected chi connectivity index (χ4v) is 7.60. The molecule has 2 amide bonds. The Balaban J connectivity index is 1.54. The Hall–Kier alpha value is -2.97. The predicted octanol–water partition coefficient (Wildman–Crippen LogP) is 6.80. The number of benzene rings is 3. The predicted molar refractivity (Wildman–Crippen MR) is 154 cm³/mol. The molecule has 0 aromatic heterocycles. The van der Waals surface area contributed by atoms with Gasteiger partial charge in [0.05, 0.1) is 11.1 Å². The molecule has 0 unspecified atom stereocenters. The second-order valence-corrected chi connectivity index (χ2v) is 11.9. The standard InChI is InChI=1S/C30H25Cl3FN3O3/c31-17-9-12-20-22(15-17)36-28(40)30(20)23(19-5-4-6-21(32)24(19)34)25(37-29(30)13-2-1-3-14-29)27(39)35-18-10-7-16(8-11-18)26(33)38/h4-12,15,23,25,37H,1-3,13-14H2,(H,35,39)(H,36,40)/t23-,25+,30+/m0/s1. The molecule has 3 atom stereocenters. The van der Waals surface area contributed by atoms with Crippen molar-refractivity contribution in [2.75, 3.05) is 10.6 Å². The van der Waals surface area contributed by atoms with E-state index in [0.29, 0.717) is 34.8 Å². The number of rotatable bonds is 4. The SMILES string of the molecule is O=C(Cl)c1ccc(NC(=O)[C@@H]2NC3(CCCCC3)[C@@]3(C(=O)Nc4cc(Cl)ccc43)[C@H]2c2cccc(Cl)c2F)cc1. The molecule has 6 rings (SSSR count). The minimum absolute atomic E-state index is 0.0903. The first-order chi connectivity index (χ1) is 19.2. The molecule has 3 aromatic carbocycles. The zero-order valence-electron chi connectivity index (χ0n) is 21.2. The van der Waals surface area contributed by atoms with Crippen LogP contribution in [0.15, 0.2) is 60.7 Å². The lowest BCUT2D eigenvalue weighted by Crippen LogP contribution is -2.60. The van der Waals surface area contributed by atoms with Crippen molar-refractivity contribution in [1.82, 2.24) is 5.32 Å². The molecule has 1 saturated carbocycles. The third-order valence-electron chi connectivity index (χ3n) is 8.68. The molecular weight excluding hydrogens is 576 g/mol. The average Bonchev–Trinajstić information content (AvgIpc) is 3.38. The molecule has 1 saturated heterocycles.